The van der Waals surface area contributed by atoms with Crippen molar-refractivity contribution in [3.8, 4) is 0 Å². The third-order valence-corrected chi connectivity index (χ3v) is 5.88. The molecule has 0 saturated carbocycles. The monoisotopic (exact) mass is 378 g/mol. The lowest BCUT2D eigenvalue weighted by molar-refractivity contribution is -0.123. The lowest BCUT2D eigenvalue weighted by Crippen LogP contribution is -2.42. The first-order valence-corrected chi connectivity index (χ1v) is 9.38. The Kier molecular flexibility index (Phi) is 5.78. The SMILES string of the molecule is CC1CC(C)CN(S(=O)(=O)c2ccc(C(=O)NCC(F)(F)F)cc2)C1. The molecule has 0 radical (unpaired) electrons. The Hall–Kier alpha value is -1.61. The molecule has 0 aliphatic carbocycles. The van der Waals surface area contributed by atoms with Crippen molar-refractivity contribution in [2.24, 2.45) is 11.8 Å². The van der Waals surface area contributed by atoms with Gasteiger partial charge in [0.2, 0.25) is 10.0 Å². The van der Waals surface area contributed by atoms with Gasteiger partial charge in [0.1, 0.15) is 6.54 Å². The quantitative estimate of drug-likeness (QED) is 0.876. The number of piperidine rings is 1. The van der Waals surface area contributed by atoms with Crippen molar-refractivity contribution < 1.29 is 26.4 Å². The topological polar surface area (TPSA) is 66.5 Å². The maximum absolute atomic E-state index is 12.7. The second-order valence-electron chi connectivity index (χ2n) is 6.59. The first kappa shape index (κ1) is 19.7. The number of amides is 1. The molecular formula is C16H21F3N2O3S. The number of halogens is 3. The molecule has 1 fully saturated rings. The minimum atomic E-state index is -4.50. The Bertz CT molecular complexity index is 707. The minimum Gasteiger partial charge on any atom is -0.343 e. The van der Waals surface area contributed by atoms with Crippen LogP contribution in [0.5, 0.6) is 0 Å². The largest absolute Gasteiger partial charge is 0.405 e. The molecule has 9 heteroatoms. The van der Waals surface area contributed by atoms with Crippen LogP contribution >= 0.6 is 0 Å². The van der Waals surface area contributed by atoms with E-state index in [2.05, 4.69) is 0 Å². The fraction of sp³-hybridized carbons (Fsp3) is 0.562. The molecule has 1 heterocycles. The predicted octanol–water partition coefficient (Wildman–Crippen LogP) is 2.65. The molecular weight excluding hydrogens is 357 g/mol. The standard InChI is InChI=1S/C16H21F3N2O3S/c1-11-7-12(2)9-21(8-11)25(23,24)14-5-3-13(4-6-14)15(22)20-10-16(17,18)19/h3-6,11-12H,7-10H2,1-2H3,(H,20,22). The molecule has 140 valence electrons. The Morgan fingerprint density at radius 1 is 1.16 bits per heavy atom. The maximum Gasteiger partial charge on any atom is 0.405 e. The van der Waals surface area contributed by atoms with Crippen LogP contribution in [0, 0.1) is 11.8 Å². The Labute approximate surface area is 145 Å². The number of alkyl halides is 3. The lowest BCUT2D eigenvalue weighted by Gasteiger charge is -2.34. The van der Waals surface area contributed by atoms with Gasteiger partial charge in [-0.3, -0.25) is 4.79 Å². The van der Waals surface area contributed by atoms with Gasteiger partial charge in [-0.25, -0.2) is 8.42 Å². The van der Waals surface area contributed by atoms with E-state index in [0.29, 0.717) is 13.1 Å². The van der Waals surface area contributed by atoms with Gasteiger partial charge in [0.05, 0.1) is 4.90 Å². The summed E-state index contributed by atoms with van der Waals surface area (Å²) in [6, 6.07) is 4.94. The van der Waals surface area contributed by atoms with E-state index in [9.17, 15) is 26.4 Å². The number of hydrogen-bond acceptors (Lipinski definition) is 3. The summed E-state index contributed by atoms with van der Waals surface area (Å²) in [5.74, 6) is -0.390. The smallest absolute Gasteiger partial charge is 0.343 e. The molecule has 0 bridgehead atoms. The van der Waals surface area contributed by atoms with E-state index in [-0.39, 0.29) is 22.3 Å². The van der Waals surface area contributed by atoms with Crippen LogP contribution in [0.2, 0.25) is 0 Å². The molecule has 2 unspecified atom stereocenters. The fourth-order valence-corrected chi connectivity index (χ4v) is 4.69. The van der Waals surface area contributed by atoms with Crippen LogP contribution in [0.25, 0.3) is 0 Å². The summed E-state index contributed by atoms with van der Waals surface area (Å²) in [6.07, 6.45) is -3.54. The summed E-state index contributed by atoms with van der Waals surface area (Å²) in [5, 5.41) is 1.75. The van der Waals surface area contributed by atoms with Crippen molar-refractivity contribution >= 4 is 15.9 Å². The number of carbonyl (C=O) groups is 1. The zero-order valence-corrected chi connectivity index (χ0v) is 14.8. The molecule has 1 aliphatic rings. The first-order valence-electron chi connectivity index (χ1n) is 7.94. The molecule has 2 atom stereocenters. The number of carbonyl (C=O) groups excluding carboxylic acids is 1. The molecule has 1 aromatic rings. The van der Waals surface area contributed by atoms with E-state index < -0.39 is 28.7 Å². The summed E-state index contributed by atoms with van der Waals surface area (Å²) in [5.41, 5.74) is -0.0245. The first-order chi connectivity index (χ1) is 11.5. The van der Waals surface area contributed by atoms with Crippen LogP contribution in [-0.4, -0.2) is 44.4 Å². The Morgan fingerprint density at radius 2 is 1.68 bits per heavy atom. The van der Waals surface area contributed by atoms with Gasteiger partial charge in [0, 0.05) is 18.7 Å². The normalized spacial score (nSPS) is 22.6. The number of hydrogen-bond donors (Lipinski definition) is 1. The number of nitrogens with one attached hydrogen (secondary N) is 1. The van der Waals surface area contributed by atoms with Crippen LogP contribution in [0.4, 0.5) is 13.2 Å². The van der Waals surface area contributed by atoms with Crippen molar-refractivity contribution in [2.45, 2.75) is 31.3 Å². The lowest BCUT2D eigenvalue weighted by atomic mass is 9.94. The highest BCUT2D eigenvalue weighted by atomic mass is 32.2. The summed E-state index contributed by atoms with van der Waals surface area (Å²) in [7, 11) is -3.68. The molecule has 1 N–H and O–H groups in total. The van der Waals surface area contributed by atoms with Gasteiger partial charge < -0.3 is 5.32 Å². The minimum absolute atomic E-state index is 0.0245. The van der Waals surface area contributed by atoms with Gasteiger partial charge >= 0.3 is 6.18 Å². The molecule has 0 aromatic heterocycles. The Morgan fingerprint density at radius 3 is 2.16 bits per heavy atom. The second kappa shape index (κ2) is 7.33. The van der Waals surface area contributed by atoms with E-state index in [0.717, 1.165) is 6.42 Å². The highest BCUT2D eigenvalue weighted by molar-refractivity contribution is 7.89. The van der Waals surface area contributed by atoms with Crippen LogP contribution in [0.15, 0.2) is 29.2 Å². The summed E-state index contributed by atoms with van der Waals surface area (Å²) in [4.78, 5) is 11.7. The zero-order valence-electron chi connectivity index (χ0n) is 14.0. The number of benzene rings is 1. The Balaban J connectivity index is 2.12. The van der Waals surface area contributed by atoms with Gasteiger partial charge in [0.15, 0.2) is 0 Å². The van der Waals surface area contributed by atoms with Gasteiger partial charge in [-0.15, -0.1) is 0 Å². The molecule has 2 rings (SSSR count). The molecule has 1 aliphatic heterocycles. The third kappa shape index (κ3) is 5.18. The second-order valence-corrected chi connectivity index (χ2v) is 8.53. The average molecular weight is 378 g/mol. The molecule has 25 heavy (non-hydrogen) atoms. The van der Waals surface area contributed by atoms with Crippen molar-refractivity contribution in [3.05, 3.63) is 29.8 Å². The van der Waals surface area contributed by atoms with Gasteiger partial charge in [-0.05, 0) is 42.5 Å². The van der Waals surface area contributed by atoms with Crippen LogP contribution in [-0.2, 0) is 10.0 Å². The van der Waals surface area contributed by atoms with Gasteiger partial charge in [0.25, 0.3) is 5.91 Å². The summed E-state index contributed by atoms with van der Waals surface area (Å²) < 4.78 is 63.2. The maximum atomic E-state index is 12.7. The predicted molar refractivity (Wildman–Crippen MR) is 86.5 cm³/mol. The third-order valence-electron chi connectivity index (χ3n) is 4.04. The molecule has 1 amide bonds. The van der Waals surface area contributed by atoms with Crippen LogP contribution in [0.1, 0.15) is 30.6 Å². The van der Waals surface area contributed by atoms with Crippen molar-refractivity contribution in [3.63, 3.8) is 0 Å². The number of nitrogens with zero attached hydrogens (tertiary/aromatic N) is 1. The zero-order chi connectivity index (χ0) is 18.8. The molecule has 0 spiro atoms. The average Bonchev–Trinajstić information content (AvgIpc) is 2.51. The van der Waals surface area contributed by atoms with E-state index in [1.165, 1.54) is 28.6 Å². The van der Waals surface area contributed by atoms with Gasteiger partial charge in [-0.1, -0.05) is 13.8 Å². The molecule has 5 nitrogen and oxygen atoms in total. The van der Waals surface area contributed by atoms with Crippen molar-refractivity contribution in [1.82, 2.24) is 9.62 Å². The molecule has 1 aromatic carbocycles. The van der Waals surface area contributed by atoms with Crippen molar-refractivity contribution in [2.75, 3.05) is 19.6 Å². The fourth-order valence-electron chi connectivity index (χ4n) is 3.01. The highest BCUT2D eigenvalue weighted by Crippen LogP contribution is 2.26. The summed E-state index contributed by atoms with van der Waals surface area (Å²) in [6.45, 7) is 3.41. The van der Waals surface area contributed by atoms with Crippen LogP contribution in [0.3, 0.4) is 0 Å². The molecule has 1 saturated heterocycles. The highest BCUT2D eigenvalue weighted by Gasteiger charge is 2.32. The van der Waals surface area contributed by atoms with Crippen LogP contribution < -0.4 is 5.32 Å². The number of rotatable bonds is 4. The van der Waals surface area contributed by atoms with E-state index in [1.807, 2.05) is 13.8 Å². The van der Waals surface area contributed by atoms with E-state index in [4.69, 9.17) is 0 Å². The number of sulfonamides is 1. The van der Waals surface area contributed by atoms with E-state index in [1.54, 1.807) is 5.32 Å². The van der Waals surface area contributed by atoms with Gasteiger partial charge in [-0.2, -0.15) is 17.5 Å². The summed E-state index contributed by atoms with van der Waals surface area (Å²) >= 11 is 0. The van der Waals surface area contributed by atoms with E-state index >= 15 is 0 Å². The van der Waals surface area contributed by atoms with Crippen molar-refractivity contribution in [1.29, 1.82) is 0 Å².